The molecule has 9 nitrogen and oxygen atoms in total. The predicted octanol–water partition coefficient (Wildman–Crippen LogP) is 2.48. The number of nitrogens with zero attached hydrogens (tertiary/aromatic N) is 3. The van der Waals surface area contributed by atoms with Crippen molar-refractivity contribution in [1.82, 2.24) is 14.5 Å². The van der Waals surface area contributed by atoms with Gasteiger partial charge in [-0.15, -0.1) is 12.4 Å². The zero-order valence-corrected chi connectivity index (χ0v) is 18.9. The molecule has 172 valence electrons. The molecule has 5 rings (SSSR count). The standard InChI is InChI=1S/C21H25N5O4S.ClH/c22-31(28,29)30-11-14-9-15(10-19(14)27)26-8-7-17-20(23-12-24-21(17)26)25-18-6-5-13-3-1-2-4-16(13)18;/h1-4,7-8,12,14-15,18-19,27H,5-6,9-11H2,(H2,22,28,29)(H,23,24,25);1H. The highest BCUT2D eigenvalue weighted by molar-refractivity contribution is 7.84. The average Bonchev–Trinajstić information content (AvgIpc) is 3.43. The van der Waals surface area contributed by atoms with Gasteiger partial charge in [0, 0.05) is 18.2 Å². The van der Waals surface area contributed by atoms with E-state index in [1.165, 1.54) is 11.1 Å². The van der Waals surface area contributed by atoms with Gasteiger partial charge in [0.2, 0.25) is 0 Å². The van der Waals surface area contributed by atoms with E-state index in [2.05, 4.69) is 39.6 Å². The van der Waals surface area contributed by atoms with E-state index in [0.29, 0.717) is 12.8 Å². The van der Waals surface area contributed by atoms with Crippen molar-refractivity contribution in [3.05, 3.63) is 54.0 Å². The first-order valence-electron chi connectivity index (χ1n) is 10.4. The number of aliphatic hydroxyl groups is 1. The molecule has 0 bridgehead atoms. The number of hydrogen-bond acceptors (Lipinski definition) is 7. The second-order valence-corrected chi connectivity index (χ2v) is 9.57. The summed E-state index contributed by atoms with van der Waals surface area (Å²) >= 11 is 0. The fourth-order valence-corrected chi connectivity index (χ4v) is 5.28. The van der Waals surface area contributed by atoms with E-state index >= 15 is 0 Å². The van der Waals surface area contributed by atoms with Gasteiger partial charge in [0.1, 0.15) is 17.8 Å². The summed E-state index contributed by atoms with van der Waals surface area (Å²) in [4.78, 5) is 8.97. The van der Waals surface area contributed by atoms with E-state index in [0.717, 1.165) is 29.7 Å². The normalized spacial score (nSPS) is 24.9. The van der Waals surface area contributed by atoms with Crippen LogP contribution in [0, 0.1) is 5.92 Å². The Morgan fingerprint density at radius 1 is 1.22 bits per heavy atom. The molecule has 1 fully saturated rings. The quantitative estimate of drug-likeness (QED) is 0.494. The van der Waals surface area contributed by atoms with E-state index in [1.807, 2.05) is 16.8 Å². The smallest absolute Gasteiger partial charge is 0.333 e. The van der Waals surface area contributed by atoms with Gasteiger partial charge in [0.15, 0.2) is 0 Å². The van der Waals surface area contributed by atoms with Crippen LogP contribution in [0.2, 0.25) is 0 Å². The van der Waals surface area contributed by atoms with Crippen LogP contribution in [0.1, 0.15) is 42.5 Å². The highest BCUT2D eigenvalue weighted by Gasteiger charge is 2.35. The molecule has 0 saturated heterocycles. The molecule has 3 aromatic rings. The molecule has 2 aliphatic rings. The minimum atomic E-state index is -4.03. The largest absolute Gasteiger partial charge is 0.393 e. The number of halogens is 1. The van der Waals surface area contributed by atoms with E-state index in [9.17, 15) is 13.5 Å². The fourth-order valence-electron chi connectivity index (χ4n) is 4.92. The first-order chi connectivity index (χ1) is 14.9. The maximum atomic E-state index is 11.1. The van der Waals surface area contributed by atoms with Gasteiger partial charge in [0.25, 0.3) is 0 Å². The lowest BCUT2D eigenvalue weighted by Crippen LogP contribution is -2.24. The molecule has 11 heteroatoms. The molecule has 4 atom stereocenters. The van der Waals surface area contributed by atoms with Crippen LogP contribution in [-0.2, 0) is 20.9 Å². The van der Waals surface area contributed by atoms with Crippen LogP contribution < -0.4 is 10.5 Å². The second-order valence-electron chi connectivity index (χ2n) is 8.35. The molecule has 1 aromatic carbocycles. The number of hydrogen-bond donors (Lipinski definition) is 3. The Balaban J connectivity index is 0.00000245. The summed E-state index contributed by atoms with van der Waals surface area (Å²) in [6.07, 6.45) is 5.96. The van der Waals surface area contributed by atoms with Gasteiger partial charge in [-0.1, -0.05) is 24.3 Å². The lowest BCUT2D eigenvalue weighted by atomic mass is 10.1. The SMILES string of the molecule is Cl.NS(=O)(=O)OCC1CC(n2ccc3c(NC4CCc5ccccc54)ncnc32)CC1O. The van der Waals surface area contributed by atoms with Crippen molar-refractivity contribution in [2.45, 2.75) is 43.9 Å². The number of nitrogens with one attached hydrogen (secondary N) is 1. The summed E-state index contributed by atoms with van der Waals surface area (Å²) in [6.45, 7) is -0.126. The number of benzene rings is 1. The van der Waals surface area contributed by atoms with Crippen LogP contribution in [0.5, 0.6) is 0 Å². The molecule has 4 unspecified atom stereocenters. The Morgan fingerprint density at radius 2 is 2.03 bits per heavy atom. The number of anilines is 1. The molecule has 1 saturated carbocycles. The molecule has 32 heavy (non-hydrogen) atoms. The maximum absolute atomic E-state index is 11.1. The number of aryl methyl sites for hydroxylation is 1. The van der Waals surface area contributed by atoms with Crippen LogP contribution in [-0.4, -0.2) is 40.8 Å². The zero-order chi connectivity index (χ0) is 21.6. The third kappa shape index (κ3) is 4.46. The second kappa shape index (κ2) is 8.95. The number of nitrogens with two attached hydrogens (primary N) is 1. The van der Waals surface area contributed by atoms with Gasteiger partial charge < -0.3 is 15.0 Å². The van der Waals surface area contributed by atoms with Gasteiger partial charge in [-0.05, 0) is 42.9 Å². The minimum absolute atomic E-state index is 0. The first-order valence-corrected chi connectivity index (χ1v) is 11.9. The van der Waals surface area contributed by atoms with Crippen LogP contribution in [0.15, 0.2) is 42.9 Å². The fraction of sp³-hybridized carbons (Fsp3) is 0.429. The van der Waals surface area contributed by atoms with E-state index in [4.69, 9.17) is 9.32 Å². The van der Waals surface area contributed by atoms with Crippen molar-refractivity contribution in [1.29, 1.82) is 0 Å². The molecule has 2 aromatic heterocycles. The molecule has 2 aliphatic carbocycles. The average molecular weight is 480 g/mol. The Kier molecular flexibility index (Phi) is 6.42. The van der Waals surface area contributed by atoms with Crippen molar-refractivity contribution in [2.75, 3.05) is 11.9 Å². The van der Waals surface area contributed by atoms with Crippen LogP contribution in [0.25, 0.3) is 11.0 Å². The third-order valence-electron chi connectivity index (χ3n) is 6.43. The third-order valence-corrected chi connectivity index (χ3v) is 6.89. The van der Waals surface area contributed by atoms with Gasteiger partial charge >= 0.3 is 10.3 Å². The number of aliphatic hydroxyl groups excluding tert-OH is 1. The molecule has 0 spiro atoms. The van der Waals surface area contributed by atoms with Gasteiger partial charge in [0.05, 0.1) is 24.1 Å². The topological polar surface area (TPSA) is 132 Å². The minimum Gasteiger partial charge on any atom is -0.393 e. The highest BCUT2D eigenvalue weighted by atomic mass is 35.5. The summed E-state index contributed by atoms with van der Waals surface area (Å²) < 4.78 is 28.9. The number of fused-ring (bicyclic) bond motifs is 2. The Hall–Kier alpha value is -2.24. The molecule has 0 aliphatic heterocycles. The summed E-state index contributed by atoms with van der Waals surface area (Å²) in [5, 5.41) is 19.8. The monoisotopic (exact) mass is 479 g/mol. The van der Waals surface area contributed by atoms with Crippen molar-refractivity contribution in [3.63, 3.8) is 0 Å². The zero-order valence-electron chi connectivity index (χ0n) is 17.3. The summed E-state index contributed by atoms with van der Waals surface area (Å²) in [7, 11) is -4.03. The van der Waals surface area contributed by atoms with Crippen molar-refractivity contribution < 1.29 is 17.7 Å². The van der Waals surface area contributed by atoms with E-state index < -0.39 is 16.4 Å². The summed E-state index contributed by atoms with van der Waals surface area (Å²) in [5.41, 5.74) is 3.47. The highest BCUT2D eigenvalue weighted by Crippen LogP contribution is 2.39. The number of aromatic nitrogens is 3. The molecule has 2 heterocycles. The first kappa shape index (κ1) is 22.9. The van der Waals surface area contributed by atoms with E-state index in [-0.39, 0.29) is 37.0 Å². The van der Waals surface area contributed by atoms with Gasteiger partial charge in [-0.2, -0.15) is 8.42 Å². The Bertz CT molecular complexity index is 1220. The van der Waals surface area contributed by atoms with Crippen molar-refractivity contribution in [3.8, 4) is 0 Å². The molecular formula is C21H26ClN5O4S. The Morgan fingerprint density at radius 3 is 2.84 bits per heavy atom. The van der Waals surface area contributed by atoms with Crippen molar-refractivity contribution in [2.24, 2.45) is 11.1 Å². The summed E-state index contributed by atoms with van der Waals surface area (Å²) in [6, 6.07) is 10.6. The van der Waals surface area contributed by atoms with Gasteiger partial charge in [-0.25, -0.2) is 15.1 Å². The predicted molar refractivity (Wildman–Crippen MR) is 123 cm³/mol. The summed E-state index contributed by atoms with van der Waals surface area (Å²) in [5.74, 6) is 0.480. The van der Waals surface area contributed by atoms with Crippen LogP contribution >= 0.6 is 12.4 Å². The number of rotatable bonds is 6. The molecular weight excluding hydrogens is 454 g/mol. The van der Waals surface area contributed by atoms with Gasteiger partial charge in [-0.3, -0.25) is 4.18 Å². The maximum Gasteiger partial charge on any atom is 0.333 e. The lowest BCUT2D eigenvalue weighted by molar-refractivity contribution is 0.100. The Labute approximate surface area is 192 Å². The molecule has 0 amide bonds. The molecule has 0 radical (unpaired) electrons. The lowest BCUT2D eigenvalue weighted by Gasteiger charge is -2.16. The van der Waals surface area contributed by atoms with Crippen LogP contribution in [0.3, 0.4) is 0 Å². The molecule has 4 N–H and O–H groups in total. The van der Waals surface area contributed by atoms with Crippen molar-refractivity contribution >= 4 is 39.6 Å². The van der Waals surface area contributed by atoms with Crippen LogP contribution in [0.4, 0.5) is 5.82 Å². The van der Waals surface area contributed by atoms with E-state index in [1.54, 1.807) is 6.33 Å².